The predicted molar refractivity (Wildman–Crippen MR) is 89.7 cm³/mol. The van der Waals surface area contributed by atoms with Crippen molar-refractivity contribution in [1.29, 1.82) is 0 Å². The molecule has 0 unspecified atom stereocenters. The van der Waals surface area contributed by atoms with E-state index in [0.29, 0.717) is 16.5 Å². The number of carbonyl (C=O) groups excluding carboxylic acids is 2. The molecule has 0 heterocycles. The molecule has 23 heavy (non-hydrogen) atoms. The van der Waals surface area contributed by atoms with Gasteiger partial charge in [-0.2, -0.15) is 0 Å². The first kappa shape index (κ1) is 16.8. The van der Waals surface area contributed by atoms with E-state index in [2.05, 4.69) is 10.6 Å². The molecule has 2 N–H and O–H groups in total. The first-order valence-electron chi connectivity index (χ1n) is 6.98. The lowest BCUT2D eigenvalue weighted by molar-refractivity contribution is -0.136. The molecule has 0 atom stereocenters. The van der Waals surface area contributed by atoms with Crippen LogP contribution in [0.5, 0.6) is 5.75 Å². The smallest absolute Gasteiger partial charge is 0.313 e. The molecule has 2 aromatic rings. The van der Waals surface area contributed by atoms with Crippen molar-refractivity contribution in [2.75, 3.05) is 12.4 Å². The van der Waals surface area contributed by atoms with Crippen LogP contribution in [0.2, 0.25) is 5.02 Å². The van der Waals surface area contributed by atoms with Gasteiger partial charge >= 0.3 is 11.8 Å². The van der Waals surface area contributed by atoms with E-state index >= 15 is 0 Å². The van der Waals surface area contributed by atoms with Crippen molar-refractivity contribution < 1.29 is 14.3 Å². The average Bonchev–Trinajstić information content (AvgIpc) is 2.53. The Bertz CT molecular complexity index is 732. The van der Waals surface area contributed by atoms with Crippen LogP contribution >= 0.6 is 11.6 Å². The van der Waals surface area contributed by atoms with Crippen LogP contribution in [0.1, 0.15) is 11.1 Å². The van der Waals surface area contributed by atoms with E-state index in [0.717, 1.165) is 11.1 Å². The third-order valence-electron chi connectivity index (χ3n) is 3.15. The SMILES string of the molecule is COc1ccc(Cl)cc1NC(=O)C(=O)NCc1cccc(C)c1. The highest BCUT2D eigenvalue weighted by molar-refractivity contribution is 6.40. The van der Waals surface area contributed by atoms with Gasteiger partial charge in [-0.15, -0.1) is 0 Å². The highest BCUT2D eigenvalue weighted by Crippen LogP contribution is 2.27. The molecule has 2 rings (SSSR count). The zero-order valence-corrected chi connectivity index (χ0v) is 13.6. The molecule has 0 aromatic heterocycles. The quantitative estimate of drug-likeness (QED) is 0.846. The summed E-state index contributed by atoms with van der Waals surface area (Å²) in [6, 6.07) is 12.4. The summed E-state index contributed by atoms with van der Waals surface area (Å²) in [5.41, 5.74) is 2.35. The zero-order valence-electron chi connectivity index (χ0n) is 12.9. The van der Waals surface area contributed by atoms with Crippen molar-refractivity contribution in [2.24, 2.45) is 0 Å². The van der Waals surface area contributed by atoms with E-state index in [9.17, 15) is 9.59 Å². The summed E-state index contributed by atoms with van der Waals surface area (Å²) >= 11 is 5.89. The van der Waals surface area contributed by atoms with Gasteiger partial charge in [-0.1, -0.05) is 41.4 Å². The van der Waals surface area contributed by atoms with Crippen molar-refractivity contribution in [3.63, 3.8) is 0 Å². The van der Waals surface area contributed by atoms with Crippen LogP contribution in [-0.4, -0.2) is 18.9 Å². The fourth-order valence-electron chi connectivity index (χ4n) is 2.04. The van der Waals surface area contributed by atoms with Gasteiger partial charge < -0.3 is 15.4 Å². The number of ether oxygens (including phenoxy) is 1. The molecule has 0 bridgehead atoms. The van der Waals surface area contributed by atoms with Gasteiger partial charge in [-0.25, -0.2) is 0 Å². The van der Waals surface area contributed by atoms with Gasteiger partial charge in [-0.3, -0.25) is 9.59 Å². The molecular weight excluding hydrogens is 316 g/mol. The third kappa shape index (κ3) is 4.72. The van der Waals surface area contributed by atoms with Crippen molar-refractivity contribution in [2.45, 2.75) is 13.5 Å². The number of amides is 2. The number of benzene rings is 2. The molecule has 0 fully saturated rings. The normalized spacial score (nSPS) is 10.0. The van der Waals surface area contributed by atoms with Gasteiger partial charge in [0.25, 0.3) is 0 Å². The maximum absolute atomic E-state index is 12.0. The Kier molecular flexibility index (Phi) is 5.60. The highest BCUT2D eigenvalue weighted by atomic mass is 35.5. The predicted octanol–water partition coefficient (Wildman–Crippen LogP) is 2.91. The van der Waals surface area contributed by atoms with Crippen LogP contribution in [0, 0.1) is 6.92 Å². The first-order valence-corrected chi connectivity index (χ1v) is 7.35. The number of rotatable bonds is 4. The number of halogens is 1. The van der Waals surface area contributed by atoms with Crippen molar-refractivity contribution >= 4 is 29.1 Å². The summed E-state index contributed by atoms with van der Waals surface area (Å²) in [7, 11) is 1.47. The average molecular weight is 333 g/mol. The molecule has 2 amide bonds. The fraction of sp³-hybridized carbons (Fsp3) is 0.176. The molecule has 0 saturated heterocycles. The van der Waals surface area contributed by atoms with E-state index in [-0.39, 0.29) is 6.54 Å². The number of nitrogens with one attached hydrogen (secondary N) is 2. The Morgan fingerprint density at radius 1 is 1.13 bits per heavy atom. The number of aryl methyl sites for hydroxylation is 1. The number of methoxy groups -OCH3 is 1. The van der Waals surface area contributed by atoms with Crippen LogP contribution < -0.4 is 15.4 Å². The largest absolute Gasteiger partial charge is 0.495 e. The number of hydrogen-bond donors (Lipinski definition) is 2. The second-order valence-corrected chi connectivity index (χ2v) is 5.41. The van der Waals surface area contributed by atoms with E-state index in [4.69, 9.17) is 16.3 Å². The van der Waals surface area contributed by atoms with Crippen molar-refractivity contribution in [1.82, 2.24) is 5.32 Å². The van der Waals surface area contributed by atoms with Gasteiger partial charge in [0.2, 0.25) is 0 Å². The Labute approximate surface area is 139 Å². The van der Waals surface area contributed by atoms with E-state index in [1.807, 2.05) is 31.2 Å². The molecule has 5 nitrogen and oxygen atoms in total. The Hall–Kier alpha value is -2.53. The lowest BCUT2D eigenvalue weighted by atomic mass is 10.1. The maximum Gasteiger partial charge on any atom is 0.313 e. The van der Waals surface area contributed by atoms with E-state index in [1.54, 1.807) is 12.1 Å². The molecule has 0 radical (unpaired) electrons. The molecule has 120 valence electrons. The minimum atomic E-state index is -0.779. The monoisotopic (exact) mass is 332 g/mol. The molecular formula is C17H17ClN2O3. The molecule has 0 aliphatic heterocycles. The van der Waals surface area contributed by atoms with Crippen LogP contribution in [0.4, 0.5) is 5.69 Å². The lowest BCUT2D eigenvalue weighted by Crippen LogP contribution is -2.35. The molecule has 0 aliphatic rings. The summed E-state index contributed by atoms with van der Waals surface area (Å²) < 4.78 is 5.12. The van der Waals surface area contributed by atoms with Gasteiger partial charge in [0.1, 0.15) is 5.75 Å². The second kappa shape index (κ2) is 7.65. The maximum atomic E-state index is 12.0. The molecule has 6 heteroatoms. The zero-order chi connectivity index (χ0) is 16.8. The minimum Gasteiger partial charge on any atom is -0.495 e. The summed E-state index contributed by atoms with van der Waals surface area (Å²) in [6.07, 6.45) is 0. The summed E-state index contributed by atoms with van der Waals surface area (Å²) in [4.78, 5) is 23.9. The summed E-state index contributed by atoms with van der Waals surface area (Å²) in [6.45, 7) is 2.24. The Balaban J connectivity index is 1.98. The van der Waals surface area contributed by atoms with Crippen LogP contribution in [-0.2, 0) is 16.1 Å². The van der Waals surface area contributed by atoms with Crippen molar-refractivity contribution in [3.8, 4) is 5.75 Å². The molecule has 2 aromatic carbocycles. The van der Waals surface area contributed by atoms with Crippen LogP contribution in [0.25, 0.3) is 0 Å². The van der Waals surface area contributed by atoms with Crippen molar-refractivity contribution in [3.05, 3.63) is 58.6 Å². The molecule has 0 spiro atoms. The van der Waals surface area contributed by atoms with Gasteiger partial charge in [0, 0.05) is 11.6 Å². The van der Waals surface area contributed by atoms with Crippen LogP contribution in [0.3, 0.4) is 0 Å². The van der Waals surface area contributed by atoms with E-state index < -0.39 is 11.8 Å². The Morgan fingerprint density at radius 3 is 2.61 bits per heavy atom. The van der Waals surface area contributed by atoms with Crippen LogP contribution in [0.15, 0.2) is 42.5 Å². The number of carbonyl (C=O) groups is 2. The van der Waals surface area contributed by atoms with Gasteiger partial charge in [-0.05, 0) is 30.7 Å². The number of hydrogen-bond acceptors (Lipinski definition) is 3. The Morgan fingerprint density at radius 2 is 1.91 bits per heavy atom. The first-order chi connectivity index (χ1) is 11.0. The van der Waals surface area contributed by atoms with Gasteiger partial charge in [0.05, 0.1) is 12.8 Å². The highest BCUT2D eigenvalue weighted by Gasteiger charge is 2.15. The summed E-state index contributed by atoms with van der Waals surface area (Å²) in [5.74, 6) is -1.08. The minimum absolute atomic E-state index is 0.278. The molecule has 0 aliphatic carbocycles. The standard InChI is InChI=1S/C17H17ClN2O3/c1-11-4-3-5-12(8-11)10-19-16(21)17(22)20-14-9-13(18)6-7-15(14)23-2/h3-9H,10H2,1-2H3,(H,19,21)(H,20,22). The fourth-order valence-corrected chi connectivity index (χ4v) is 2.21. The summed E-state index contributed by atoms with van der Waals surface area (Å²) in [5, 5.41) is 5.49. The topological polar surface area (TPSA) is 67.4 Å². The van der Waals surface area contributed by atoms with E-state index in [1.165, 1.54) is 13.2 Å². The lowest BCUT2D eigenvalue weighted by Gasteiger charge is -2.10. The molecule has 0 saturated carbocycles. The van der Waals surface area contributed by atoms with Gasteiger partial charge in [0.15, 0.2) is 0 Å². The number of anilines is 1. The second-order valence-electron chi connectivity index (χ2n) is 4.97. The third-order valence-corrected chi connectivity index (χ3v) is 3.39.